The van der Waals surface area contributed by atoms with Gasteiger partial charge in [0.1, 0.15) is 18.0 Å². The number of hydrogen-bond acceptors (Lipinski definition) is 3. The van der Waals surface area contributed by atoms with Crippen molar-refractivity contribution in [2.24, 2.45) is 0 Å². The van der Waals surface area contributed by atoms with E-state index in [1.54, 1.807) is 12.1 Å². The molecule has 0 atom stereocenters. The Labute approximate surface area is 142 Å². The molecule has 0 saturated heterocycles. The Bertz CT molecular complexity index is 660. The van der Waals surface area contributed by atoms with Crippen LogP contribution in [0.4, 0.5) is 0 Å². The second-order valence-electron chi connectivity index (χ2n) is 6.29. The summed E-state index contributed by atoms with van der Waals surface area (Å²) in [7, 11) is 0. The summed E-state index contributed by atoms with van der Waals surface area (Å²) in [4.78, 5) is 11.9. The third-order valence-corrected chi connectivity index (χ3v) is 3.38. The standard InChI is InChI=1S/C19H21ClO3/c1-19(2,3)23-18(21)11-15-9-10-16(12-17(15)20)22-13-14-7-5-4-6-8-14/h4-10,12H,11,13H2,1-3H3. The highest BCUT2D eigenvalue weighted by Gasteiger charge is 2.17. The van der Waals surface area contributed by atoms with E-state index in [4.69, 9.17) is 21.1 Å². The lowest BCUT2D eigenvalue weighted by Gasteiger charge is -2.19. The first kappa shape index (κ1) is 17.4. The van der Waals surface area contributed by atoms with Crippen LogP contribution in [0, 0.1) is 0 Å². The number of benzene rings is 2. The first-order valence-corrected chi connectivity index (χ1v) is 7.88. The normalized spacial score (nSPS) is 11.1. The molecule has 0 N–H and O–H groups in total. The predicted octanol–water partition coefficient (Wildman–Crippen LogP) is 4.80. The summed E-state index contributed by atoms with van der Waals surface area (Å²) in [6.07, 6.45) is 0.148. The molecule has 0 bridgehead atoms. The lowest BCUT2D eigenvalue weighted by Crippen LogP contribution is -2.24. The third-order valence-electron chi connectivity index (χ3n) is 3.03. The van der Waals surface area contributed by atoms with Crippen LogP contribution in [0.3, 0.4) is 0 Å². The molecule has 0 spiro atoms. The van der Waals surface area contributed by atoms with Gasteiger partial charge in [0.2, 0.25) is 0 Å². The van der Waals surface area contributed by atoms with E-state index in [2.05, 4.69) is 0 Å². The van der Waals surface area contributed by atoms with Crippen LogP contribution in [0.2, 0.25) is 5.02 Å². The minimum atomic E-state index is -0.498. The van der Waals surface area contributed by atoms with Gasteiger partial charge in [-0.25, -0.2) is 0 Å². The first-order valence-electron chi connectivity index (χ1n) is 7.50. The quantitative estimate of drug-likeness (QED) is 0.737. The van der Waals surface area contributed by atoms with Crippen LogP contribution in [0.5, 0.6) is 5.75 Å². The minimum Gasteiger partial charge on any atom is -0.489 e. The van der Waals surface area contributed by atoms with Gasteiger partial charge < -0.3 is 9.47 Å². The predicted molar refractivity (Wildman–Crippen MR) is 91.8 cm³/mol. The fourth-order valence-electron chi connectivity index (χ4n) is 2.04. The van der Waals surface area contributed by atoms with Crippen molar-refractivity contribution >= 4 is 17.6 Å². The van der Waals surface area contributed by atoms with Gasteiger partial charge in [-0.2, -0.15) is 0 Å². The summed E-state index contributed by atoms with van der Waals surface area (Å²) in [5, 5.41) is 0.501. The molecular formula is C19H21ClO3. The Morgan fingerprint density at radius 2 is 1.78 bits per heavy atom. The van der Waals surface area contributed by atoms with Crippen LogP contribution < -0.4 is 4.74 Å². The number of carbonyl (C=O) groups is 1. The van der Waals surface area contributed by atoms with Crippen LogP contribution >= 0.6 is 11.6 Å². The maximum absolute atomic E-state index is 11.9. The van der Waals surface area contributed by atoms with Gasteiger partial charge in [-0.05, 0) is 44.0 Å². The van der Waals surface area contributed by atoms with Crippen molar-refractivity contribution in [2.45, 2.75) is 39.4 Å². The van der Waals surface area contributed by atoms with Gasteiger partial charge in [-0.1, -0.05) is 48.0 Å². The van der Waals surface area contributed by atoms with Gasteiger partial charge in [0, 0.05) is 5.02 Å². The van der Waals surface area contributed by atoms with E-state index in [9.17, 15) is 4.79 Å². The van der Waals surface area contributed by atoms with Crippen LogP contribution in [0.1, 0.15) is 31.9 Å². The van der Waals surface area contributed by atoms with Gasteiger partial charge in [-0.15, -0.1) is 0 Å². The van der Waals surface area contributed by atoms with Gasteiger partial charge in [0.05, 0.1) is 6.42 Å². The molecule has 0 heterocycles. The number of halogens is 1. The van der Waals surface area contributed by atoms with Crippen molar-refractivity contribution in [3.05, 3.63) is 64.7 Å². The third kappa shape index (κ3) is 5.95. The average Bonchev–Trinajstić information content (AvgIpc) is 2.47. The van der Waals surface area contributed by atoms with E-state index in [-0.39, 0.29) is 12.4 Å². The number of esters is 1. The smallest absolute Gasteiger partial charge is 0.310 e. The molecule has 4 heteroatoms. The first-order chi connectivity index (χ1) is 10.8. The Kier molecular flexibility index (Phi) is 5.67. The Hall–Kier alpha value is -2.00. The summed E-state index contributed by atoms with van der Waals surface area (Å²) in [6.45, 7) is 6.00. The van der Waals surface area contributed by atoms with E-state index < -0.39 is 5.60 Å². The summed E-state index contributed by atoms with van der Waals surface area (Å²) in [5.74, 6) is 0.379. The highest BCUT2D eigenvalue weighted by Crippen LogP contribution is 2.24. The zero-order valence-corrected chi connectivity index (χ0v) is 14.4. The van der Waals surface area contributed by atoms with Crippen molar-refractivity contribution in [3.8, 4) is 5.75 Å². The molecule has 23 heavy (non-hydrogen) atoms. The van der Waals surface area contributed by atoms with Crippen LogP contribution in [0.25, 0.3) is 0 Å². The monoisotopic (exact) mass is 332 g/mol. The molecule has 0 saturated carbocycles. The maximum atomic E-state index is 11.9. The lowest BCUT2D eigenvalue weighted by molar-refractivity contribution is -0.153. The second kappa shape index (κ2) is 7.51. The topological polar surface area (TPSA) is 35.5 Å². The fourth-order valence-corrected chi connectivity index (χ4v) is 2.27. The van der Waals surface area contributed by atoms with Crippen molar-refractivity contribution < 1.29 is 14.3 Å². The highest BCUT2D eigenvalue weighted by atomic mass is 35.5. The van der Waals surface area contributed by atoms with E-state index in [0.29, 0.717) is 17.4 Å². The molecular weight excluding hydrogens is 312 g/mol. The summed E-state index contributed by atoms with van der Waals surface area (Å²) >= 11 is 6.24. The van der Waals surface area contributed by atoms with Gasteiger partial charge in [-0.3, -0.25) is 4.79 Å². The minimum absolute atomic E-state index is 0.148. The van der Waals surface area contributed by atoms with Crippen molar-refractivity contribution in [1.82, 2.24) is 0 Å². The van der Waals surface area contributed by atoms with Gasteiger partial charge in [0.15, 0.2) is 0 Å². The fraction of sp³-hybridized carbons (Fsp3) is 0.316. The molecule has 0 aliphatic rings. The van der Waals surface area contributed by atoms with Crippen LogP contribution in [0.15, 0.2) is 48.5 Å². The maximum Gasteiger partial charge on any atom is 0.310 e. The van der Waals surface area contributed by atoms with Crippen molar-refractivity contribution in [1.29, 1.82) is 0 Å². The molecule has 0 radical (unpaired) electrons. The van der Waals surface area contributed by atoms with Crippen LogP contribution in [-0.4, -0.2) is 11.6 Å². The molecule has 2 aromatic rings. The Balaban J connectivity index is 1.96. The molecule has 2 aromatic carbocycles. The average molecular weight is 333 g/mol. The van der Waals surface area contributed by atoms with E-state index in [1.165, 1.54) is 0 Å². The largest absolute Gasteiger partial charge is 0.489 e. The molecule has 0 aliphatic carbocycles. The van der Waals surface area contributed by atoms with Crippen LogP contribution in [-0.2, 0) is 22.6 Å². The molecule has 2 rings (SSSR count). The molecule has 0 fully saturated rings. The van der Waals surface area contributed by atoms with Gasteiger partial charge >= 0.3 is 5.97 Å². The zero-order chi connectivity index (χ0) is 16.9. The van der Waals surface area contributed by atoms with Crippen molar-refractivity contribution in [2.75, 3.05) is 0 Å². The SMILES string of the molecule is CC(C)(C)OC(=O)Cc1ccc(OCc2ccccc2)cc1Cl. The molecule has 0 aromatic heterocycles. The second-order valence-corrected chi connectivity index (χ2v) is 6.70. The van der Waals surface area contributed by atoms with Gasteiger partial charge in [0.25, 0.3) is 0 Å². The molecule has 0 amide bonds. The number of ether oxygens (including phenoxy) is 2. The summed E-state index contributed by atoms with van der Waals surface area (Å²) < 4.78 is 11.0. The zero-order valence-electron chi connectivity index (χ0n) is 13.6. The Morgan fingerprint density at radius 3 is 2.39 bits per heavy atom. The number of carbonyl (C=O) groups excluding carboxylic acids is 1. The van der Waals surface area contributed by atoms with Crippen molar-refractivity contribution in [3.63, 3.8) is 0 Å². The molecule has 0 unspecified atom stereocenters. The van der Waals surface area contributed by atoms with E-state index in [1.807, 2.05) is 57.2 Å². The lowest BCUT2D eigenvalue weighted by atomic mass is 10.1. The Morgan fingerprint density at radius 1 is 1.09 bits per heavy atom. The van der Waals surface area contributed by atoms with E-state index >= 15 is 0 Å². The molecule has 3 nitrogen and oxygen atoms in total. The summed E-state index contributed by atoms with van der Waals surface area (Å²) in [5.41, 5.74) is 1.32. The molecule has 0 aliphatic heterocycles. The number of hydrogen-bond donors (Lipinski definition) is 0. The highest BCUT2D eigenvalue weighted by molar-refractivity contribution is 6.31. The number of rotatable bonds is 5. The summed E-state index contributed by atoms with van der Waals surface area (Å²) in [6, 6.07) is 15.2. The molecule has 122 valence electrons. The van der Waals surface area contributed by atoms with E-state index in [0.717, 1.165) is 11.1 Å².